The molecule has 0 aliphatic carbocycles. The minimum atomic E-state index is -4.38. The monoisotopic (exact) mass is 524 g/mol. The molecule has 2 aromatic carbocycles. The zero-order valence-electron chi connectivity index (χ0n) is 16.5. The van der Waals surface area contributed by atoms with E-state index in [-0.39, 0.29) is 72.9 Å². The number of hydrogen-bond donors (Lipinski definition) is 2. The fourth-order valence-corrected chi connectivity index (χ4v) is 2.84. The van der Waals surface area contributed by atoms with Gasteiger partial charge in [-0.15, -0.1) is 5.69 Å². The van der Waals surface area contributed by atoms with Gasteiger partial charge in [-0.3, -0.25) is 14.7 Å². The van der Waals surface area contributed by atoms with Crippen molar-refractivity contribution in [3.05, 3.63) is 68.6 Å². The molecule has 1 heterocycles. The standard InChI is InChI=1S/C16H12N5O7S.Cr.3H2O/c1-9-15(18-17-13-8-11(21(24)25)4-7-14(13)22)16(23)20(19-9)10-2-5-12(6-3-10)29(26,27)28;;;;/h2-8,22H,1H3,(H,26,27,28);;3*1H2/q-1;;;;. The molecule has 3 aromatic rings. The van der Waals surface area contributed by atoms with Crippen LogP contribution in [0.2, 0.25) is 0 Å². The number of aromatic nitrogens is 2. The number of nitro benzene ring substituents is 1. The summed E-state index contributed by atoms with van der Waals surface area (Å²) < 4.78 is 32.2. The Morgan fingerprint density at radius 1 is 1.12 bits per heavy atom. The molecular formula is C16H18CrN5O10S-. The maximum Gasteiger partial charge on any atom is 0.294 e. The number of phenolic OH excluding ortho intramolecular Hbond substituents is 1. The smallest absolute Gasteiger partial charge is 0.294 e. The van der Waals surface area contributed by atoms with Gasteiger partial charge in [0, 0.05) is 29.5 Å². The van der Waals surface area contributed by atoms with Gasteiger partial charge in [0.05, 0.1) is 15.5 Å². The first kappa shape index (κ1) is 31.8. The van der Waals surface area contributed by atoms with Crippen molar-refractivity contribution >= 4 is 27.2 Å². The SMILES string of the molecule is Cc1nn(-c2ccc(S(=O)(=O)O)cc2)c(=O)[c-]1N=Nc1cc([N+](=O)[O-])ccc1O.O.O.O.[Cr]. The van der Waals surface area contributed by atoms with Crippen molar-refractivity contribution in [2.75, 3.05) is 0 Å². The van der Waals surface area contributed by atoms with Gasteiger partial charge in [-0.05, 0) is 30.3 Å². The topological polar surface area (TPSA) is 272 Å². The predicted molar refractivity (Wildman–Crippen MR) is 110 cm³/mol. The Bertz CT molecular complexity index is 1300. The number of rotatable bonds is 5. The molecule has 33 heavy (non-hydrogen) atoms. The summed E-state index contributed by atoms with van der Waals surface area (Å²) in [6, 6.07) is 7.91. The Balaban J connectivity index is 0. The third-order valence-electron chi connectivity index (χ3n) is 3.79. The number of aromatic hydroxyl groups is 1. The predicted octanol–water partition coefficient (Wildman–Crippen LogP) is 0.0591. The summed E-state index contributed by atoms with van der Waals surface area (Å²) in [6.07, 6.45) is 0. The Kier molecular flexibility index (Phi) is 11.5. The summed E-state index contributed by atoms with van der Waals surface area (Å²) in [5.41, 5.74) is -0.980. The molecule has 0 spiro atoms. The van der Waals surface area contributed by atoms with Gasteiger partial charge in [-0.2, -0.15) is 13.5 Å². The minimum absolute atomic E-state index is 0. The van der Waals surface area contributed by atoms with E-state index >= 15 is 0 Å². The van der Waals surface area contributed by atoms with Crippen LogP contribution >= 0.6 is 0 Å². The molecule has 0 fully saturated rings. The Labute approximate surface area is 196 Å². The van der Waals surface area contributed by atoms with Crippen LogP contribution in [0.25, 0.3) is 5.69 Å². The molecule has 15 nitrogen and oxygen atoms in total. The maximum absolute atomic E-state index is 12.6. The van der Waals surface area contributed by atoms with Crippen LogP contribution in [0.5, 0.6) is 5.75 Å². The van der Waals surface area contributed by atoms with Crippen LogP contribution in [0.3, 0.4) is 0 Å². The molecule has 0 unspecified atom stereocenters. The van der Waals surface area contributed by atoms with E-state index in [0.29, 0.717) is 0 Å². The van der Waals surface area contributed by atoms with Crippen molar-refractivity contribution in [3.63, 3.8) is 0 Å². The van der Waals surface area contributed by atoms with Gasteiger partial charge in [0.2, 0.25) is 0 Å². The zero-order valence-corrected chi connectivity index (χ0v) is 18.6. The molecule has 0 amide bonds. The number of nitro groups is 1. The molecule has 0 atom stereocenters. The largest absolute Gasteiger partial charge is 0.506 e. The van der Waals surface area contributed by atoms with Gasteiger partial charge in [0.1, 0.15) is 17.0 Å². The van der Waals surface area contributed by atoms with Crippen molar-refractivity contribution in [1.29, 1.82) is 0 Å². The molecule has 0 saturated carbocycles. The van der Waals surface area contributed by atoms with Gasteiger partial charge in [0.15, 0.2) is 0 Å². The molecule has 0 bridgehead atoms. The number of azo groups is 1. The number of aryl methyl sites for hydroxylation is 1. The van der Waals surface area contributed by atoms with E-state index in [1.54, 1.807) is 0 Å². The van der Waals surface area contributed by atoms with Gasteiger partial charge >= 0.3 is 0 Å². The Hall–Kier alpha value is -3.43. The summed E-state index contributed by atoms with van der Waals surface area (Å²) in [4.78, 5) is 22.4. The second-order valence-electron chi connectivity index (χ2n) is 5.75. The molecule has 0 aliphatic rings. The Morgan fingerprint density at radius 3 is 2.21 bits per heavy atom. The number of phenols is 1. The van der Waals surface area contributed by atoms with E-state index < -0.39 is 20.6 Å². The fraction of sp³-hybridized carbons (Fsp3) is 0.0625. The summed E-state index contributed by atoms with van der Waals surface area (Å²) in [7, 11) is -4.38. The van der Waals surface area contributed by atoms with Crippen LogP contribution in [0.1, 0.15) is 5.69 Å². The average Bonchev–Trinajstić information content (AvgIpc) is 2.94. The number of non-ortho nitro benzene ring substituents is 1. The number of nitrogens with zero attached hydrogens (tertiary/aromatic N) is 5. The average molecular weight is 524 g/mol. The number of hydrogen-bond acceptors (Lipinski definition) is 9. The van der Waals surface area contributed by atoms with E-state index in [1.807, 2.05) is 0 Å². The van der Waals surface area contributed by atoms with Crippen molar-refractivity contribution in [2.24, 2.45) is 10.2 Å². The molecule has 0 radical (unpaired) electrons. The van der Waals surface area contributed by atoms with Gasteiger partial charge in [0.25, 0.3) is 15.8 Å². The minimum Gasteiger partial charge on any atom is -0.506 e. The fourth-order valence-electron chi connectivity index (χ4n) is 2.36. The normalized spacial score (nSPS) is 10.4. The second kappa shape index (κ2) is 12.0. The molecular weight excluding hydrogens is 506 g/mol. The summed E-state index contributed by atoms with van der Waals surface area (Å²) >= 11 is 0. The van der Waals surface area contributed by atoms with Crippen LogP contribution < -0.4 is 5.56 Å². The summed E-state index contributed by atoms with van der Waals surface area (Å²) in [5.74, 6) is -0.363. The maximum atomic E-state index is 12.6. The molecule has 3 rings (SSSR count). The van der Waals surface area contributed by atoms with E-state index in [4.69, 9.17) is 4.55 Å². The molecule has 0 aliphatic heterocycles. The second-order valence-corrected chi connectivity index (χ2v) is 7.17. The van der Waals surface area contributed by atoms with Crippen molar-refractivity contribution in [2.45, 2.75) is 11.8 Å². The van der Waals surface area contributed by atoms with Gasteiger partial charge < -0.3 is 31.4 Å². The van der Waals surface area contributed by atoms with Crippen LogP contribution in [0.4, 0.5) is 17.1 Å². The van der Waals surface area contributed by atoms with E-state index in [1.165, 1.54) is 19.1 Å². The molecule has 8 N–H and O–H groups in total. The van der Waals surface area contributed by atoms with Crippen LogP contribution in [0.15, 0.2) is 62.4 Å². The van der Waals surface area contributed by atoms with Crippen LogP contribution in [0, 0.1) is 17.0 Å². The van der Waals surface area contributed by atoms with Crippen LogP contribution in [-0.2, 0) is 27.5 Å². The third kappa shape index (κ3) is 6.77. The van der Waals surface area contributed by atoms with E-state index in [9.17, 15) is 28.4 Å². The molecule has 17 heteroatoms. The number of benzene rings is 2. The quantitative estimate of drug-likeness (QED) is 0.151. The first-order valence-electron chi connectivity index (χ1n) is 7.81. The van der Waals surface area contributed by atoms with Crippen molar-refractivity contribution in [1.82, 2.24) is 9.78 Å². The van der Waals surface area contributed by atoms with E-state index in [2.05, 4.69) is 15.3 Å². The van der Waals surface area contributed by atoms with Crippen molar-refractivity contribution in [3.8, 4) is 11.4 Å². The van der Waals surface area contributed by atoms with Gasteiger partial charge in [-0.1, -0.05) is 12.6 Å². The summed E-state index contributed by atoms with van der Waals surface area (Å²) in [6.45, 7) is 1.48. The first-order chi connectivity index (χ1) is 13.6. The first-order valence-corrected chi connectivity index (χ1v) is 9.25. The molecule has 180 valence electrons. The van der Waals surface area contributed by atoms with E-state index in [0.717, 1.165) is 35.0 Å². The van der Waals surface area contributed by atoms with Crippen LogP contribution in [-0.4, -0.2) is 49.2 Å². The van der Waals surface area contributed by atoms with Crippen molar-refractivity contribution < 1.29 is 56.8 Å². The molecule has 0 saturated heterocycles. The summed E-state index contributed by atoms with van der Waals surface area (Å²) in [5, 5.41) is 32.1. The molecule has 1 aromatic heterocycles. The Morgan fingerprint density at radius 2 is 1.70 bits per heavy atom. The van der Waals surface area contributed by atoms with Gasteiger partial charge in [-0.25, -0.2) is 9.78 Å². The zero-order chi connectivity index (χ0) is 21.3. The third-order valence-corrected chi connectivity index (χ3v) is 4.66.